The first-order valence-corrected chi connectivity index (χ1v) is 11.4. The maximum atomic E-state index is 13.3. The molecule has 1 aromatic heterocycles. The lowest BCUT2D eigenvalue weighted by Crippen LogP contribution is -2.41. The lowest BCUT2D eigenvalue weighted by atomic mass is 9.90. The first-order chi connectivity index (χ1) is 16.2. The Morgan fingerprint density at radius 1 is 1.03 bits per heavy atom. The van der Waals surface area contributed by atoms with E-state index >= 15 is 0 Å². The summed E-state index contributed by atoms with van der Waals surface area (Å²) in [7, 11) is 0. The summed E-state index contributed by atoms with van der Waals surface area (Å²) in [6.45, 7) is 6.60. The Hall–Kier alpha value is -3.68. The van der Waals surface area contributed by atoms with Gasteiger partial charge in [-0.1, -0.05) is 18.2 Å². The molecule has 0 saturated carbocycles. The number of aromatic nitrogens is 2. The Bertz CT molecular complexity index is 1150. The number of rotatable bonds is 4. The van der Waals surface area contributed by atoms with Crippen LogP contribution in [-0.4, -0.2) is 45.4 Å². The van der Waals surface area contributed by atoms with Crippen molar-refractivity contribution in [1.29, 1.82) is 0 Å². The zero-order valence-electron chi connectivity index (χ0n) is 19.6. The molecule has 1 aliphatic rings. The smallest absolute Gasteiger partial charge is 0.410 e. The maximum Gasteiger partial charge on any atom is 0.410 e. The van der Waals surface area contributed by atoms with Crippen LogP contribution in [0.25, 0.3) is 5.69 Å². The highest BCUT2D eigenvalue weighted by molar-refractivity contribution is 6.05. The fraction of sp³-hybridized carbons (Fsp3) is 0.346. The van der Waals surface area contributed by atoms with Crippen molar-refractivity contribution in [2.75, 3.05) is 18.4 Å². The molecule has 1 N–H and O–H groups in total. The summed E-state index contributed by atoms with van der Waals surface area (Å²) in [6, 6.07) is 15.3. The van der Waals surface area contributed by atoms with Gasteiger partial charge in [-0.25, -0.2) is 13.9 Å². The van der Waals surface area contributed by atoms with Gasteiger partial charge in [-0.05, 0) is 70.0 Å². The summed E-state index contributed by atoms with van der Waals surface area (Å²) in [5.74, 6) is -0.652. The molecule has 178 valence electrons. The molecule has 0 radical (unpaired) electrons. The van der Waals surface area contributed by atoms with Crippen LogP contribution in [-0.2, 0) is 4.74 Å². The molecule has 0 atom stereocenters. The van der Waals surface area contributed by atoms with E-state index in [1.54, 1.807) is 15.8 Å². The largest absolute Gasteiger partial charge is 0.444 e. The van der Waals surface area contributed by atoms with Gasteiger partial charge in [0.15, 0.2) is 0 Å². The second-order valence-corrected chi connectivity index (χ2v) is 9.39. The van der Waals surface area contributed by atoms with Crippen LogP contribution in [0.5, 0.6) is 0 Å². The van der Waals surface area contributed by atoms with E-state index in [1.165, 1.54) is 24.3 Å². The third kappa shape index (κ3) is 5.44. The van der Waals surface area contributed by atoms with Gasteiger partial charge in [-0.15, -0.1) is 0 Å². The fourth-order valence-corrected chi connectivity index (χ4v) is 4.09. The summed E-state index contributed by atoms with van der Waals surface area (Å²) in [5, 5.41) is 7.37. The molecule has 34 heavy (non-hydrogen) atoms. The molecule has 0 spiro atoms. The van der Waals surface area contributed by atoms with Crippen LogP contribution in [0, 0.1) is 5.82 Å². The Kier molecular flexibility index (Phi) is 6.68. The topological polar surface area (TPSA) is 76.5 Å². The molecule has 0 aliphatic carbocycles. The highest BCUT2D eigenvalue weighted by atomic mass is 19.1. The molecule has 1 aliphatic heterocycles. The first-order valence-electron chi connectivity index (χ1n) is 11.4. The van der Waals surface area contributed by atoms with Gasteiger partial charge >= 0.3 is 6.09 Å². The van der Waals surface area contributed by atoms with Crippen LogP contribution in [0.3, 0.4) is 0 Å². The number of anilines is 1. The van der Waals surface area contributed by atoms with Crippen molar-refractivity contribution < 1.29 is 18.7 Å². The van der Waals surface area contributed by atoms with Crippen LogP contribution in [0.2, 0.25) is 0 Å². The number of carbonyl (C=O) groups is 2. The summed E-state index contributed by atoms with van der Waals surface area (Å²) in [5.41, 5.74) is 2.07. The third-order valence-corrected chi connectivity index (χ3v) is 5.69. The second-order valence-electron chi connectivity index (χ2n) is 9.39. The maximum absolute atomic E-state index is 13.3. The molecule has 0 bridgehead atoms. The molecule has 1 saturated heterocycles. The fourth-order valence-electron chi connectivity index (χ4n) is 4.09. The van der Waals surface area contributed by atoms with Gasteiger partial charge in [0.1, 0.15) is 11.4 Å². The van der Waals surface area contributed by atoms with Gasteiger partial charge in [0.25, 0.3) is 5.91 Å². The van der Waals surface area contributed by atoms with E-state index in [-0.39, 0.29) is 23.7 Å². The van der Waals surface area contributed by atoms with Crippen molar-refractivity contribution in [3.05, 3.63) is 77.9 Å². The van der Waals surface area contributed by atoms with Crippen molar-refractivity contribution in [3.63, 3.8) is 0 Å². The molecule has 7 nitrogen and oxygen atoms in total. The highest BCUT2D eigenvalue weighted by Crippen LogP contribution is 2.33. The Morgan fingerprint density at radius 2 is 1.68 bits per heavy atom. The Labute approximate surface area is 198 Å². The van der Waals surface area contributed by atoms with Gasteiger partial charge < -0.3 is 15.0 Å². The number of piperidine rings is 1. The van der Waals surface area contributed by atoms with Crippen molar-refractivity contribution in [2.45, 2.75) is 45.1 Å². The summed E-state index contributed by atoms with van der Waals surface area (Å²) >= 11 is 0. The molecule has 0 unspecified atom stereocenters. The molecule has 1 fully saturated rings. The van der Waals surface area contributed by atoms with E-state index in [9.17, 15) is 14.0 Å². The molecule has 3 aromatic rings. The zero-order chi connectivity index (χ0) is 24.3. The number of hydrogen-bond acceptors (Lipinski definition) is 4. The van der Waals surface area contributed by atoms with Crippen LogP contribution < -0.4 is 5.32 Å². The molecule has 2 aromatic carbocycles. The monoisotopic (exact) mass is 464 g/mol. The molecule has 2 heterocycles. The van der Waals surface area contributed by atoms with Crippen LogP contribution in [0.15, 0.2) is 60.8 Å². The minimum atomic E-state index is -0.550. The average Bonchev–Trinajstić information content (AvgIpc) is 3.25. The molecular weight excluding hydrogens is 435 g/mol. The number of nitrogens with one attached hydrogen (secondary N) is 1. The first kappa shape index (κ1) is 23.5. The van der Waals surface area contributed by atoms with Crippen molar-refractivity contribution in [3.8, 4) is 5.69 Å². The van der Waals surface area contributed by atoms with Gasteiger partial charge in [0.2, 0.25) is 0 Å². The van der Waals surface area contributed by atoms with Crippen LogP contribution >= 0.6 is 0 Å². The van der Waals surface area contributed by atoms with E-state index in [0.717, 1.165) is 11.4 Å². The van der Waals surface area contributed by atoms with Crippen LogP contribution in [0.4, 0.5) is 14.9 Å². The van der Waals surface area contributed by atoms with E-state index in [4.69, 9.17) is 4.74 Å². The minimum Gasteiger partial charge on any atom is -0.444 e. The van der Waals surface area contributed by atoms with E-state index in [1.807, 2.05) is 51.1 Å². The lowest BCUT2D eigenvalue weighted by Gasteiger charge is -2.34. The quantitative estimate of drug-likeness (QED) is 0.563. The van der Waals surface area contributed by atoms with Crippen molar-refractivity contribution >= 4 is 17.7 Å². The molecule has 4 rings (SSSR count). The molecule has 2 amide bonds. The van der Waals surface area contributed by atoms with Gasteiger partial charge in [0.05, 0.1) is 23.1 Å². The van der Waals surface area contributed by atoms with Crippen LogP contribution in [0.1, 0.15) is 55.6 Å². The van der Waals surface area contributed by atoms with Crippen molar-refractivity contribution in [1.82, 2.24) is 14.7 Å². The molecular formula is C26H29FN4O3. The van der Waals surface area contributed by atoms with Gasteiger partial charge in [0, 0.05) is 24.7 Å². The summed E-state index contributed by atoms with van der Waals surface area (Å²) < 4.78 is 20.6. The number of carbonyl (C=O) groups excluding carboxylic acids is 2. The standard InChI is InChI=1S/C26H29FN4O3/c1-26(2,3)34-25(33)30-15-13-18(14-16-30)23-22(17-28-31(23)21-7-5-4-6-8-21)24(32)29-20-11-9-19(27)10-12-20/h4-12,17-18H,13-16H2,1-3H3,(H,29,32). The Balaban J connectivity index is 1.59. The number of benzene rings is 2. The van der Waals surface area contributed by atoms with Gasteiger partial charge in [-0.3, -0.25) is 4.79 Å². The highest BCUT2D eigenvalue weighted by Gasteiger charge is 2.32. The number of likely N-dealkylation sites (tertiary alicyclic amines) is 1. The van der Waals surface area contributed by atoms with E-state index in [2.05, 4.69) is 10.4 Å². The number of amides is 2. The number of hydrogen-bond donors (Lipinski definition) is 1. The second kappa shape index (κ2) is 9.67. The minimum absolute atomic E-state index is 0.0235. The SMILES string of the molecule is CC(C)(C)OC(=O)N1CCC(c2c(C(=O)Nc3ccc(F)cc3)cnn2-c2ccccc2)CC1. The zero-order valence-corrected chi connectivity index (χ0v) is 19.6. The summed E-state index contributed by atoms with van der Waals surface area (Å²) in [6.07, 6.45) is 2.60. The number of ether oxygens (including phenoxy) is 1. The predicted molar refractivity (Wildman–Crippen MR) is 128 cm³/mol. The normalized spacial score (nSPS) is 14.6. The summed E-state index contributed by atoms with van der Waals surface area (Å²) in [4.78, 5) is 27.4. The van der Waals surface area contributed by atoms with Gasteiger partial charge in [-0.2, -0.15) is 5.10 Å². The lowest BCUT2D eigenvalue weighted by molar-refractivity contribution is 0.0203. The predicted octanol–water partition coefficient (Wildman–Crippen LogP) is 5.38. The average molecular weight is 465 g/mol. The van der Waals surface area contributed by atoms with E-state index < -0.39 is 5.60 Å². The number of para-hydroxylation sites is 1. The number of halogens is 1. The number of nitrogens with zero attached hydrogens (tertiary/aromatic N) is 3. The van der Waals surface area contributed by atoms with Crippen molar-refractivity contribution in [2.24, 2.45) is 0 Å². The van der Waals surface area contributed by atoms with E-state index in [0.29, 0.717) is 37.2 Å². The Morgan fingerprint density at radius 3 is 2.29 bits per heavy atom. The third-order valence-electron chi connectivity index (χ3n) is 5.69. The molecule has 8 heteroatoms.